The van der Waals surface area contributed by atoms with Crippen molar-refractivity contribution in [2.75, 3.05) is 19.7 Å². The molecular formula is C12H18IN3O5. The molecule has 0 aliphatic rings. The van der Waals surface area contributed by atoms with Crippen LogP contribution in [0.2, 0.25) is 0 Å². The molecule has 1 atom stereocenters. The van der Waals surface area contributed by atoms with Gasteiger partial charge in [-0.2, -0.15) is 0 Å². The van der Waals surface area contributed by atoms with Crippen LogP contribution in [0.25, 0.3) is 0 Å². The number of rotatable bonds is 10. The average molecular weight is 411 g/mol. The molecule has 0 fully saturated rings. The molecule has 118 valence electrons. The van der Waals surface area contributed by atoms with E-state index in [2.05, 4.69) is 27.3 Å². The first kappa shape index (κ1) is 19.4. The zero-order valence-electron chi connectivity index (χ0n) is 11.6. The molecule has 0 aromatic carbocycles. The van der Waals surface area contributed by atoms with Gasteiger partial charge in [-0.3, -0.25) is 17.5 Å². The van der Waals surface area contributed by atoms with Crippen LogP contribution in [-0.4, -0.2) is 37.5 Å². The first-order valence-electron chi connectivity index (χ1n) is 6.03. The molecular weight excluding hydrogens is 393 g/mol. The van der Waals surface area contributed by atoms with Gasteiger partial charge < -0.3 is 15.4 Å². The lowest BCUT2D eigenvalue weighted by Crippen LogP contribution is -2.46. The van der Waals surface area contributed by atoms with Crippen molar-refractivity contribution in [1.82, 2.24) is 14.2 Å². The highest BCUT2D eigenvalue weighted by Crippen LogP contribution is 2.03. The summed E-state index contributed by atoms with van der Waals surface area (Å²) in [5, 5.41) is 4.67. The summed E-state index contributed by atoms with van der Waals surface area (Å²) < 4.78 is 17.6. The Morgan fingerprint density at radius 2 is 1.95 bits per heavy atom. The highest BCUT2D eigenvalue weighted by molar-refractivity contribution is 14.1. The highest BCUT2D eigenvalue weighted by Gasteiger charge is 2.35. The Hall–Kier alpha value is -1.62. The summed E-state index contributed by atoms with van der Waals surface area (Å²) in [7, 11) is 0. The van der Waals surface area contributed by atoms with Crippen molar-refractivity contribution < 1.29 is 22.2 Å². The van der Waals surface area contributed by atoms with Crippen molar-refractivity contribution in [1.29, 1.82) is 0 Å². The number of hydrogen-bond donors (Lipinski definition) is 3. The highest BCUT2D eigenvalue weighted by atomic mass is 127. The number of nitrogens with one attached hydrogen (secondary N) is 3. The summed E-state index contributed by atoms with van der Waals surface area (Å²) in [6.07, 6.45) is 1.28. The number of carbonyl (C=O) groups is 3. The van der Waals surface area contributed by atoms with E-state index in [-0.39, 0.29) is 25.4 Å². The van der Waals surface area contributed by atoms with Crippen molar-refractivity contribution in [2.24, 2.45) is 5.92 Å². The lowest BCUT2D eigenvalue weighted by Gasteiger charge is -2.15. The third-order valence-corrected chi connectivity index (χ3v) is 3.00. The van der Waals surface area contributed by atoms with E-state index in [1.807, 2.05) is 0 Å². The van der Waals surface area contributed by atoms with Crippen LogP contribution in [0, 0.1) is 5.92 Å². The van der Waals surface area contributed by atoms with Gasteiger partial charge >= 0.3 is 5.97 Å². The summed E-state index contributed by atoms with van der Waals surface area (Å²) in [5.74, 6) is -4.23. The number of ether oxygens (including phenoxy) is 1. The van der Waals surface area contributed by atoms with Gasteiger partial charge in [0.05, 0.1) is 6.61 Å². The van der Waals surface area contributed by atoms with Gasteiger partial charge in [-0.05, 0) is 13.0 Å². The molecule has 0 aliphatic carbocycles. The molecule has 1 unspecified atom stereocenters. The van der Waals surface area contributed by atoms with Crippen LogP contribution >= 0.6 is 21.5 Å². The van der Waals surface area contributed by atoms with Crippen molar-refractivity contribution in [3.63, 3.8) is 0 Å². The van der Waals surface area contributed by atoms with Gasteiger partial charge in [0.2, 0.25) is 39.2 Å². The molecule has 0 heterocycles. The van der Waals surface area contributed by atoms with Crippen molar-refractivity contribution in [3.05, 3.63) is 24.9 Å². The second-order valence-corrected chi connectivity index (χ2v) is 4.86. The smallest absolute Gasteiger partial charge is 0.328 e. The zero-order chi connectivity index (χ0) is 16.3. The van der Waals surface area contributed by atoms with Crippen molar-refractivity contribution in [2.45, 2.75) is 6.92 Å². The van der Waals surface area contributed by atoms with E-state index >= 15 is 0 Å². The molecule has 0 rings (SSSR count). The Kier molecular flexibility index (Phi) is 10.2. The Bertz CT molecular complexity index is 439. The van der Waals surface area contributed by atoms with E-state index in [1.54, 1.807) is 6.92 Å². The number of halogens is 1. The van der Waals surface area contributed by atoms with E-state index in [1.165, 1.54) is 6.08 Å². The Morgan fingerprint density at radius 1 is 1.29 bits per heavy atom. The first-order chi connectivity index (χ1) is 9.97. The van der Waals surface area contributed by atoms with Gasteiger partial charge in [0.25, 0.3) is 0 Å². The number of allylic oxidation sites excluding steroid dienone is 1. The summed E-state index contributed by atoms with van der Waals surface area (Å²) in [5.41, 5.74) is 0.167. The predicted octanol–water partition coefficient (Wildman–Crippen LogP) is -0.0814. The second-order valence-electron chi connectivity index (χ2n) is 3.66. The molecule has 0 aromatic rings. The fourth-order valence-corrected chi connectivity index (χ4v) is 1.70. The molecule has 0 bridgehead atoms. The first-order valence-corrected chi connectivity index (χ1v) is 7.99. The lowest BCUT2D eigenvalue weighted by atomic mass is 10.1. The zero-order valence-corrected chi connectivity index (χ0v) is 13.8. The largest absolute Gasteiger partial charge is 0.465 e. The van der Waals surface area contributed by atoms with Crippen molar-refractivity contribution in [3.8, 4) is 0 Å². The van der Waals surface area contributed by atoms with Gasteiger partial charge in [0, 0.05) is 18.8 Å². The molecule has 0 aliphatic heterocycles. The minimum atomic E-state index is -1.64. The van der Waals surface area contributed by atoms with Crippen molar-refractivity contribution >= 4 is 39.2 Å². The normalized spacial score (nSPS) is 11.1. The number of hydrogen-bond acceptors (Lipinski definition) is 5. The number of esters is 1. The average Bonchev–Trinajstić information content (AvgIpc) is 2.43. The second kappa shape index (κ2) is 11.1. The minimum absolute atomic E-state index is 0.0421. The molecule has 0 saturated heterocycles. The molecule has 8 nitrogen and oxygen atoms in total. The topological polar surface area (TPSA) is 114 Å². The van der Waals surface area contributed by atoms with Gasteiger partial charge in [-0.1, -0.05) is 13.2 Å². The van der Waals surface area contributed by atoms with Crippen LogP contribution in [0.15, 0.2) is 24.9 Å². The minimum Gasteiger partial charge on any atom is -0.465 e. The van der Waals surface area contributed by atoms with Crippen LogP contribution in [0.3, 0.4) is 0 Å². The molecule has 0 spiro atoms. The van der Waals surface area contributed by atoms with Crippen LogP contribution in [0.4, 0.5) is 0 Å². The van der Waals surface area contributed by atoms with Crippen LogP contribution in [0.1, 0.15) is 6.92 Å². The fraction of sp³-hybridized carbons (Fsp3) is 0.417. The monoisotopic (exact) mass is 411 g/mol. The molecule has 0 saturated carbocycles. The van der Waals surface area contributed by atoms with Crippen LogP contribution in [-0.2, 0) is 22.2 Å². The molecule has 0 radical (unpaired) electrons. The molecule has 21 heavy (non-hydrogen) atoms. The molecule has 2 amide bonds. The van der Waals surface area contributed by atoms with E-state index in [4.69, 9.17) is 4.74 Å². The predicted molar refractivity (Wildman–Crippen MR) is 83.3 cm³/mol. The van der Waals surface area contributed by atoms with Gasteiger partial charge in [-0.25, -0.2) is 3.53 Å². The molecule has 9 heteroatoms. The van der Waals surface area contributed by atoms with Gasteiger partial charge in [0.1, 0.15) is 0 Å². The van der Waals surface area contributed by atoms with E-state index < -0.39 is 45.2 Å². The van der Waals surface area contributed by atoms with E-state index in [0.717, 1.165) is 0 Å². The maximum atomic E-state index is 11.9. The lowest BCUT2D eigenvalue weighted by molar-refractivity contribution is -0.155. The summed E-state index contributed by atoms with van der Waals surface area (Å²) in [4.78, 5) is 35.6. The standard InChI is InChI=1S/C12H18IN3O5/c1-4-8(3)16-11(18)9(12(19)21-5-2)10(17)14-6-7-15-13-20/h4,9H,1,3,5-7H2,2H3,(H,14,17)(H,15,20)(H,16,18). The number of carbonyl (C=O) groups excluding carboxylic acids is 3. The van der Waals surface area contributed by atoms with E-state index in [9.17, 15) is 17.5 Å². The van der Waals surface area contributed by atoms with E-state index in [0.29, 0.717) is 0 Å². The number of amides is 2. The fourth-order valence-electron chi connectivity index (χ4n) is 1.21. The van der Waals surface area contributed by atoms with Crippen LogP contribution < -0.4 is 14.2 Å². The summed E-state index contributed by atoms with van der Waals surface area (Å²) in [6, 6.07) is 0. The molecule has 3 N–H and O–H groups in total. The third kappa shape index (κ3) is 7.66. The third-order valence-electron chi connectivity index (χ3n) is 2.15. The maximum Gasteiger partial charge on any atom is 0.328 e. The SMILES string of the molecule is C=CC(=C)NC(=O)C(C(=O)NCCNI=O)C(=O)OCC. The Balaban J connectivity index is 4.79. The summed E-state index contributed by atoms with van der Waals surface area (Å²) in [6.45, 7) is 8.89. The summed E-state index contributed by atoms with van der Waals surface area (Å²) >= 11 is -1.33. The maximum absolute atomic E-state index is 11.9. The van der Waals surface area contributed by atoms with Gasteiger partial charge in [0.15, 0.2) is 0 Å². The Labute approximate surface area is 133 Å². The van der Waals surface area contributed by atoms with Gasteiger partial charge in [-0.15, -0.1) is 0 Å². The molecule has 0 aromatic heterocycles. The quantitative estimate of drug-likeness (QED) is 0.116. The van der Waals surface area contributed by atoms with Crippen LogP contribution in [0.5, 0.6) is 0 Å². The Morgan fingerprint density at radius 3 is 2.48 bits per heavy atom.